The summed E-state index contributed by atoms with van der Waals surface area (Å²) >= 11 is 0. The van der Waals surface area contributed by atoms with Crippen LogP contribution in [0.3, 0.4) is 0 Å². The van der Waals surface area contributed by atoms with Crippen LogP contribution >= 0.6 is 12.4 Å². The maximum absolute atomic E-state index is 11.0. The lowest BCUT2D eigenvalue weighted by Crippen LogP contribution is -2.13. The molecular weight excluding hydrogens is 268 g/mol. The van der Waals surface area contributed by atoms with Crippen molar-refractivity contribution in [3.8, 4) is 0 Å². The van der Waals surface area contributed by atoms with Crippen LogP contribution in [0.5, 0.6) is 0 Å². The Kier molecular flexibility index (Phi) is 7.16. The van der Waals surface area contributed by atoms with Crippen LogP contribution in [-0.4, -0.2) is 11.9 Å². The van der Waals surface area contributed by atoms with Gasteiger partial charge in [0, 0.05) is 0 Å². The fourth-order valence-corrected chi connectivity index (χ4v) is 1.32. The molecule has 0 aromatic rings. The van der Waals surface area contributed by atoms with Crippen LogP contribution in [0.25, 0.3) is 0 Å². The molecule has 0 saturated heterocycles. The monoisotopic (exact) mass is 286 g/mol. The van der Waals surface area contributed by atoms with Gasteiger partial charge in [-0.15, -0.1) is 19.0 Å². The number of carbonyl (C=O) groups is 2. The van der Waals surface area contributed by atoms with Crippen LogP contribution < -0.4 is 0 Å². The van der Waals surface area contributed by atoms with Gasteiger partial charge in [0.2, 0.25) is 0 Å². The fourth-order valence-electron chi connectivity index (χ4n) is 1.32. The molecule has 0 atom stereocenters. The third-order valence-electron chi connectivity index (χ3n) is 2.89. The van der Waals surface area contributed by atoms with Crippen LogP contribution in [0, 0.1) is 11.3 Å². The second-order valence-electron chi connectivity index (χ2n) is 4.31. The molecular formula is C14H19ClO4. The molecule has 2 aliphatic rings. The standard InChI is InChI=1S/C8H10O2.C6H8O2.ClH/c1-3-8(5-6-8)7(9)10-4-2;1-2-8-6(7)5-3-4-5;/h3-4H,1-2,5-6H2;2,5H,1,3-4H2;1H. The predicted molar refractivity (Wildman–Crippen MR) is 74.4 cm³/mol. The first-order chi connectivity index (χ1) is 8.59. The average Bonchev–Trinajstić information content (AvgIpc) is 3.23. The average molecular weight is 287 g/mol. The van der Waals surface area contributed by atoms with E-state index in [4.69, 9.17) is 0 Å². The van der Waals surface area contributed by atoms with Gasteiger partial charge < -0.3 is 9.47 Å². The summed E-state index contributed by atoms with van der Waals surface area (Å²) in [5, 5.41) is 0. The maximum atomic E-state index is 11.0. The number of carbonyl (C=O) groups excluding carboxylic acids is 2. The van der Waals surface area contributed by atoms with Crippen LogP contribution in [0.2, 0.25) is 0 Å². The van der Waals surface area contributed by atoms with Crippen molar-refractivity contribution >= 4 is 24.3 Å². The Morgan fingerprint density at radius 3 is 1.89 bits per heavy atom. The number of ether oxygens (including phenoxy) is 2. The molecule has 2 aliphatic carbocycles. The minimum absolute atomic E-state index is 0. The van der Waals surface area contributed by atoms with Gasteiger partial charge in [-0.25, -0.2) is 0 Å². The summed E-state index contributed by atoms with van der Waals surface area (Å²) in [5.74, 6) is -0.162. The minimum Gasteiger partial charge on any atom is -0.435 e. The van der Waals surface area contributed by atoms with Crippen molar-refractivity contribution in [3.05, 3.63) is 38.3 Å². The zero-order valence-corrected chi connectivity index (χ0v) is 11.6. The molecule has 0 N–H and O–H groups in total. The molecule has 0 amide bonds. The second-order valence-corrected chi connectivity index (χ2v) is 4.31. The molecule has 0 aromatic carbocycles. The van der Waals surface area contributed by atoms with Crippen LogP contribution in [0.1, 0.15) is 25.7 Å². The lowest BCUT2D eigenvalue weighted by Gasteiger charge is -2.04. The Morgan fingerprint density at radius 2 is 1.58 bits per heavy atom. The first kappa shape index (κ1) is 17.4. The highest BCUT2D eigenvalue weighted by Crippen LogP contribution is 2.47. The van der Waals surface area contributed by atoms with E-state index in [0.29, 0.717) is 0 Å². The van der Waals surface area contributed by atoms with Crippen molar-refractivity contribution in [1.82, 2.24) is 0 Å². The van der Waals surface area contributed by atoms with E-state index in [1.807, 2.05) is 0 Å². The quantitative estimate of drug-likeness (QED) is 0.443. The highest BCUT2D eigenvalue weighted by Gasteiger charge is 2.48. The number of halogens is 1. The molecule has 0 spiro atoms. The van der Waals surface area contributed by atoms with Crippen molar-refractivity contribution in [2.45, 2.75) is 25.7 Å². The predicted octanol–water partition coefficient (Wildman–Crippen LogP) is 3.14. The summed E-state index contributed by atoms with van der Waals surface area (Å²) in [6.45, 7) is 10.1. The van der Waals surface area contributed by atoms with Gasteiger partial charge in [0.05, 0.1) is 23.9 Å². The van der Waals surface area contributed by atoms with Gasteiger partial charge in [0.1, 0.15) is 0 Å². The van der Waals surface area contributed by atoms with E-state index < -0.39 is 0 Å². The van der Waals surface area contributed by atoms with Crippen molar-refractivity contribution in [2.24, 2.45) is 11.3 Å². The van der Waals surface area contributed by atoms with E-state index in [9.17, 15) is 9.59 Å². The third kappa shape index (κ3) is 5.30. The van der Waals surface area contributed by atoms with Crippen molar-refractivity contribution in [2.75, 3.05) is 0 Å². The van der Waals surface area contributed by atoms with Crippen LogP contribution in [0.15, 0.2) is 38.3 Å². The molecule has 2 fully saturated rings. The Morgan fingerprint density at radius 1 is 1.05 bits per heavy atom. The Bertz CT molecular complexity index is 368. The van der Waals surface area contributed by atoms with E-state index in [2.05, 4.69) is 29.2 Å². The molecule has 0 heterocycles. The van der Waals surface area contributed by atoms with Crippen molar-refractivity contribution in [3.63, 3.8) is 0 Å². The van der Waals surface area contributed by atoms with E-state index >= 15 is 0 Å². The molecule has 0 unspecified atom stereocenters. The van der Waals surface area contributed by atoms with Gasteiger partial charge in [0.15, 0.2) is 0 Å². The Balaban J connectivity index is 0.000000331. The largest absolute Gasteiger partial charge is 0.435 e. The summed E-state index contributed by atoms with van der Waals surface area (Å²) < 4.78 is 9.10. The molecule has 4 nitrogen and oxygen atoms in total. The molecule has 2 saturated carbocycles. The Hall–Kier alpha value is -1.55. The third-order valence-corrected chi connectivity index (χ3v) is 2.89. The van der Waals surface area contributed by atoms with E-state index in [0.717, 1.165) is 31.9 Å². The summed E-state index contributed by atoms with van der Waals surface area (Å²) in [7, 11) is 0. The highest BCUT2D eigenvalue weighted by atomic mass is 35.5. The van der Waals surface area contributed by atoms with Gasteiger partial charge in [-0.3, -0.25) is 9.59 Å². The smallest absolute Gasteiger partial charge is 0.320 e. The van der Waals surface area contributed by atoms with Crippen molar-refractivity contribution in [1.29, 1.82) is 0 Å². The number of hydrogen-bond acceptors (Lipinski definition) is 4. The number of hydrogen-bond donors (Lipinski definition) is 0. The SMILES string of the molecule is C=COC(=O)C1(C=C)CC1.C=COC(=O)C1CC1.Cl. The van der Waals surface area contributed by atoms with Gasteiger partial charge in [0.25, 0.3) is 0 Å². The number of esters is 2. The highest BCUT2D eigenvalue weighted by molar-refractivity contribution is 5.85. The molecule has 106 valence electrons. The molecule has 0 aromatic heterocycles. The summed E-state index contributed by atoms with van der Waals surface area (Å²) in [6.07, 6.45) is 7.71. The van der Waals surface area contributed by atoms with E-state index in [1.54, 1.807) is 6.08 Å². The summed E-state index contributed by atoms with van der Waals surface area (Å²) in [4.78, 5) is 21.5. The molecule has 19 heavy (non-hydrogen) atoms. The number of rotatable bonds is 5. The molecule has 0 bridgehead atoms. The fraction of sp³-hybridized carbons (Fsp3) is 0.429. The zero-order chi connectivity index (χ0) is 13.6. The first-order valence-corrected chi connectivity index (χ1v) is 5.86. The molecule has 0 aliphatic heterocycles. The molecule has 0 radical (unpaired) electrons. The van der Waals surface area contributed by atoms with Gasteiger partial charge in [-0.05, 0) is 25.7 Å². The second kappa shape index (κ2) is 7.79. The first-order valence-electron chi connectivity index (χ1n) is 5.86. The van der Waals surface area contributed by atoms with Gasteiger partial charge >= 0.3 is 11.9 Å². The topological polar surface area (TPSA) is 52.6 Å². The summed E-state index contributed by atoms with van der Waals surface area (Å²) in [6, 6.07) is 0. The lowest BCUT2D eigenvalue weighted by atomic mass is 10.1. The Labute approximate surface area is 119 Å². The zero-order valence-electron chi connectivity index (χ0n) is 10.8. The van der Waals surface area contributed by atoms with Crippen molar-refractivity contribution < 1.29 is 19.1 Å². The van der Waals surface area contributed by atoms with E-state index in [-0.39, 0.29) is 35.7 Å². The van der Waals surface area contributed by atoms with Gasteiger partial charge in [-0.2, -0.15) is 0 Å². The van der Waals surface area contributed by atoms with E-state index in [1.165, 1.54) is 6.26 Å². The van der Waals surface area contributed by atoms with Crippen LogP contribution in [0.4, 0.5) is 0 Å². The molecule has 2 rings (SSSR count). The maximum Gasteiger partial charge on any atom is 0.320 e. The van der Waals surface area contributed by atoms with Crippen LogP contribution in [-0.2, 0) is 19.1 Å². The normalized spacial score (nSPS) is 17.5. The lowest BCUT2D eigenvalue weighted by molar-refractivity contribution is -0.142. The van der Waals surface area contributed by atoms with Gasteiger partial charge in [-0.1, -0.05) is 19.2 Å². The minimum atomic E-state index is -0.367. The molecule has 5 heteroatoms. The summed E-state index contributed by atoms with van der Waals surface area (Å²) in [5.41, 5.74) is -0.367.